The van der Waals surface area contributed by atoms with Gasteiger partial charge in [-0.3, -0.25) is 0 Å². The molecule has 0 aromatic rings. The molecule has 1 N–H and O–H groups in total. The summed E-state index contributed by atoms with van der Waals surface area (Å²) in [6, 6.07) is 0.528. The van der Waals surface area contributed by atoms with Crippen LogP contribution in [0.5, 0.6) is 0 Å². The van der Waals surface area contributed by atoms with Crippen LogP contribution < -0.4 is 5.32 Å². The van der Waals surface area contributed by atoms with Crippen molar-refractivity contribution in [1.29, 1.82) is 0 Å². The van der Waals surface area contributed by atoms with E-state index in [9.17, 15) is 8.42 Å². The van der Waals surface area contributed by atoms with Crippen molar-refractivity contribution in [2.75, 3.05) is 18.6 Å². The number of allylic oxidation sites excluding steroid dienone is 1. The molecule has 0 amide bonds. The van der Waals surface area contributed by atoms with Gasteiger partial charge < -0.3 is 5.32 Å². The van der Waals surface area contributed by atoms with Gasteiger partial charge in [-0.1, -0.05) is 12.2 Å². The highest BCUT2D eigenvalue weighted by atomic mass is 32.2. The molecule has 3 nitrogen and oxygen atoms in total. The first-order valence-corrected chi connectivity index (χ1v) is 7.20. The van der Waals surface area contributed by atoms with Gasteiger partial charge in [0.2, 0.25) is 0 Å². The van der Waals surface area contributed by atoms with Gasteiger partial charge in [-0.2, -0.15) is 0 Å². The molecule has 0 spiro atoms. The van der Waals surface area contributed by atoms with Crippen LogP contribution in [0.2, 0.25) is 0 Å². The minimum atomic E-state index is -2.81. The quantitative estimate of drug-likeness (QED) is 0.698. The standard InChI is InChI=1S/C10H17NO2S/c1-14(12,13)6-5-11-10-7-8-3-2-4-9(8)10/h2,4,8-11H,3,5-7H2,1H3. The van der Waals surface area contributed by atoms with Crippen LogP contribution in [0.1, 0.15) is 12.8 Å². The van der Waals surface area contributed by atoms with Crippen LogP contribution in [0.3, 0.4) is 0 Å². The molecule has 4 heteroatoms. The smallest absolute Gasteiger partial charge is 0.148 e. The molecule has 0 heterocycles. The molecule has 14 heavy (non-hydrogen) atoms. The lowest BCUT2D eigenvalue weighted by Gasteiger charge is -2.40. The van der Waals surface area contributed by atoms with Crippen LogP contribution in [-0.4, -0.2) is 33.0 Å². The summed E-state index contributed by atoms with van der Waals surface area (Å²) in [5.41, 5.74) is 0. The molecular formula is C10H17NO2S. The van der Waals surface area contributed by atoms with E-state index in [2.05, 4.69) is 17.5 Å². The van der Waals surface area contributed by atoms with Crippen molar-refractivity contribution in [3.8, 4) is 0 Å². The molecule has 0 aromatic heterocycles. The predicted octanol–water partition coefficient (Wildman–Crippen LogP) is 0.585. The predicted molar refractivity (Wildman–Crippen MR) is 56.9 cm³/mol. The second kappa shape index (κ2) is 3.66. The molecule has 2 aliphatic rings. The maximum atomic E-state index is 10.9. The van der Waals surface area contributed by atoms with Crippen LogP contribution in [0, 0.1) is 11.8 Å². The maximum Gasteiger partial charge on any atom is 0.148 e. The highest BCUT2D eigenvalue weighted by Gasteiger charge is 2.40. The van der Waals surface area contributed by atoms with Crippen molar-refractivity contribution in [2.45, 2.75) is 18.9 Å². The first kappa shape index (κ1) is 10.2. The fourth-order valence-corrected chi connectivity index (χ4v) is 2.87. The fraction of sp³-hybridized carbons (Fsp3) is 0.800. The molecule has 0 bridgehead atoms. The Kier molecular flexibility index (Phi) is 2.66. The van der Waals surface area contributed by atoms with Crippen molar-refractivity contribution in [2.24, 2.45) is 11.8 Å². The van der Waals surface area contributed by atoms with E-state index in [-0.39, 0.29) is 5.75 Å². The highest BCUT2D eigenvalue weighted by Crippen LogP contribution is 2.42. The third-order valence-electron chi connectivity index (χ3n) is 3.24. The lowest BCUT2D eigenvalue weighted by Crippen LogP contribution is -2.49. The number of fused-ring (bicyclic) bond motifs is 1. The van der Waals surface area contributed by atoms with Crippen LogP contribution >= 0.6 is 0 Å². The molecular weight excluding hydrogens is 198 g/mol. The van der Waals surface area contributed by atoms with E-state index < -0.39 is 9.84 Å². The summed E-state index contributed by atoms with van der Waals surface area (Å²) < 4.78 is 21.8. The summed E-state index contributed by atoms with van der Waals surface area (Å²) >= 11 is 0. The molecule has 1 saturated carbocycles. The highest BCUT2D eigenvalue weighted by molar-refractivity contribution is 7.90. The van der Waals surface area contributed by atoms with Gasteiger partial charge in [-0.05, 0) is 24.7 Å². The summed E-state index contributed by atoms with van der Waals surface area (Å²) in [5, 5.41) is 3.32. The lowest BCUT2D eigenvalue weighted by atomic mass is 9.71. The van der Waals surface area contributed by atoms with Gasteiger partial charge in [0.05, 0.1) is 5.75 Å². The summed E-state index contributed by atoms with van der Waals surface area (Å²) in [6.45, 7) is 0.598. The van der Waals surface area contributed by atoms with E-state index in [0.29, 0.717) is 18.5 Å². The molecule has 2 rings (SSSR count). The zero-order chi connectivity index (χ0) is 10.2. The Bertz CT molecular complexity index is 334. The summed E-state index contributed by atoms with van der Waals surface area (Å²) in [7, 11) is -2.81. The summed E-state index contributed by atoms with van der Waals surface area (Å²) in [6.07, 6.45) is 8.23. The van der Waals surface area contributed by atoms with Crippen molar-refractivity contribution < 1.29 is 8.42 Å². The monoisotopic (exact) mass is 215 g/mol. The third kappa shape index (κ3) is 2.17. The number of hydrogen-bond acceptors (Lipinski definition) is 3. The first-order valence-electron chi connectivity index (χ1n) is 5.14. The van der Waals surface area contributed by atoms with E-state index in [4.69, 9.17) is 0 Å². The Balaban J connectivity index is 1.70. The van der Waals surface area contributed by atoms with Crippen molar-refractivity contribution in [1.82, 2.24) is 5.32 Å². The topological polar surface area (TPSA) is 46.2 Å². The molecule has 1 fully saturated rings. The Morgan fingerprint density at radius 2 is 2.29 bits per heavy atom. The summed E-state index contributed by atoms with van der Waals surface area (Å²) in [5.74, 6) is 1.77. The van der Waals surface area contributed by atoms with Crippen LogP contribution in [0.15, 0.2) is 12.2 Å². The van der Waals surface area contributed by atoms with Crippen molar-refractivity contribution >= 4 is 9.84 Å². The van der Waals surface area contributed by atoms with E-state index >= 15 is 0 Å². The van der Waals surface area contributed by atoms with Gasteiger partial charge >= 0.3 is 0 Å². The Morgan fingerprint density at radius 3 is 2.93 bits per heavy atom. The van der Waals surface area contributed by atoms with Crippen LogP contribution in [-0.2, 0) is 9.84 Å². The van der Waals surface area contributed by atoms with E-state index in [1.807, 2.05) is 0 Å². The van der Waals surface area contributed by atoms with Crippen molar-refractivity contribution in [3.05, 3.63) is 12.2 Å². The van der Waals surface area contributed by atoms with Gasteiger partial charge in [-0.25, -0.2) is 8.42 Å². The van der Waals surface area contributed by atoms with Gasteiger partial charge in [0.15, 0.2) is 0 Å². The number of rotatable bonds is 4. The second-order valence-electron chi connectivity index (χ2n) is 4.43. The van der Waals surface area contributed by atoms with Gasteiger partial charge in [-0.15, -0.1) is 0 Å². The van der Waals surface area contributed by atoms with Crippen molar-refractivity contribution in [3.63, 3.8) is 0 Å². The molecule has 0 radical (unpaired) electrons. The zero-order valence-corrected chi connectivity index (χ0v) is 9.26. The molecule has 2 aliphatic carbocycles. The van der Waals surface area contributed by atoms with Crippen LogP contribution in [0.4, 0.5) is 0 Å². The van der Waals surface area contributed by atoms with Gasteiger partial charge in [0.25, 0.3) is 0 Å². The number of sulfone groups is 1. The second-order valence-corrected chi connectivity index (χ2v) is 6.69. The van der Waals surface area contributed by atoms with E-state index in [0.717, 1.165) is 5.92 Å². The Hall–Kier alpha value is -0.350. The largest absolute Gasteiger partial charge is 0.312 e. The Morgan fingerprint density at radius 1 is 1.50 bits per heavy atom. The van der Waals surface area contributed by atoms with Gasteiger partial charge in [0.1, 0.15) is 9.84 Å². The van der Waals surface area contributed by atoms with E-state index in [1.54, 1.807) is 0 Å². The number of hydrogen-bond donors (Lipinski definition) is 1. The maximum absolute atomic E-state index is 10.9. The molecule has 0 aliphatic heterocycles. The normalized spacial score (nSPS) is 35.4. The first-order chi connectivity index (χ1) is 6.56. The van der Waals surface area contributed by atoms with Gasteiger partial charge in [0, 0.05) is 18.8 Å². The zero-order valence-electron chi connectivity index (χ0n) is 8.44. The molecule has 3 atom stereocenters. The average Bonchev–Trinajstić information content (AvgIpc) is 2.39. The molecule has 0 aromatic carbocycles. The average molecular weight is 215 g/mol. The minimum absolute atomic E-state index is 0.255. The van der Waals surface area contributed by atoms with E-state index in [1.165, 1.54) is 19.1 Å². The van der Waals surface area contributed by atoms with Crippen LogP contribution in [0.25, 0.3) is 0 Å². The SMILES string of the molecule is CS(=O)(=O)CCNC1CC2CC=CC21. The Labute approximate surface area is 85.5 Å². The molecule has 80 valence electrons. The number of nitrogens with one attached hydrogen (secondary N) is 1. The lowest BCUT2D eigenvalue weighted by molar-refractivity contribution is 0.166. The molecule has 0 saturated heterocycles. The molecule has 3 unspecified atom stereocenters. The third-order valence-corrected chi connectivity index (χ3v) is 4.19. The summed E-state index contributed by atoms with van der Waals surface area (Å²) in [4.78, 5) is 0. The fourth-order valence-electron chi connectivity index (χ4n) is 2.38. The minimum Gasteiger partial charge on any atom is -0.312 e.